The van der Waals surface area contributed by atoms with Crippen LogP contribution in [0.1, 0.15) is 31.0 Å². The number of hydrogen-bond acceptors (Lipinski definition) is 8. The Kier molecular flexibility index (Phi) is 6.69. The number of phenolic OH excluding ortho intramolecular Hbond substituents is 1. The van der Waals surface area contributed by atoms with Crippen LogP contribution in [0.15, 0.2) is 52.8 Å². The smallest absolute Gasteiger partial charge is 0.255 e. The molecule has 178 valence electrons. The summed E-state index contributed by atoms with van der Waals surface area (Å²) < 4.78 is 12.4. The molecule has 1 amide bonds. The van der Waals surface area contributed by atoms with Gasteiger partial charge in [0.15, 0.2) is 11.5 Å². The summed E-state index contributed by atoms with van der Waals surface area (Å²) in [6.45, 7) is 5.79. The van der Waals surface area contributed by atoms with Gasteiger partial charge < -0.3 is 25.2 Å². The number of aryl methyl sites for hydroxylation is 1. The highest BCUT2D eigenvalue weighted by Crippen LogP contribution is 2.43. The maximum absolute atomic E-state index is 13.6. The number of thioether (sulfide) groups is 1. The molecule has 0 bridgehead atoms. The van der Waals surface area contributed by atoms with E-state index in [2.05, 4.69) is 20.7 Å². The van der Waals surface area contributed by atoms with Crippen LogP contribution < -0.4 is 20.1 Å². The Morgan fingerprint density at radius 1 is 1.21 bits per heavy atom. The second-order valence-corrected chi connectivity index (χ2v) is 8.94. The predicted molar refractivity (Wildman–Crippen MR) is 132 cm³/mol. The molecule has 2 heterocycles. The Morgan fingerprint density at radius 2 is 1.88 bits per heavy atom. The third kappa shape index (κ3) is 4.28. The number of phenols is 1. The number of fused-ring (bicyclic) bond motifs is 1. The molecule has 34 heavy (non-hydrogen) atoms. The number of nitrogens with one attached hydrogen (secondary N) is 2. The van der Waals surface area contributed by atoms with Gasteiger partial charge in [0.2, 0.25) is 16.9 Å². The molecule has 0 fully saturated rings. The number of anilines is 2. The predicted octanol–water partition coefficient (Wildman–Crippen LogP) is 4.35. The zero-order valence-electron chi connectivity index (χ0n) is 19.7. The minimum Gasteiger partial charge on any atom is -0.502 e. The molecular weight excluding hydrogens is 454 g/mol. The first-order chi connectivity index (χ1) is 16.4. The molecule has 0 saturated carbocycles. The molecule has 1 atom stereocenters. The molecule has 4 rings (SSSR count). The number of allylic oxidation sites excluding steroid dienone is 1. The van der Waals surface area contributed by atoms with Crippen LogP contribution in [0.5, 0.6) is 17.2 Å². The van der Waals surface area contributed by atoms with Gasteiger partial charge in [0, 0.05) is 11.4 Å². The normalized spacial score (nSPS) is 14.9. The molecule has 10 heteroatoms. The minimum absolute atomic E-state index is 0.115. The number of ether oxygens (including phenoxy) is 2. The lowest BCUT2D eigenvalue weighted by Gasteiger charge is -2.29. The molecule has 1 aromatic heterocycles. The maximum atomic E-state index is 13.6. The molecule has 0 saturated heterocycles. The highest BCUT2D eigenvalue weighted by atomic mass is 32.2. The van der Waals surface area contributed by atoms with Crippen LogP contribution >= 0.6 is 11.8 Å². The van der Waals surface area contributed by atoms with Crippen LogP contribution in [-0.4, -0.2) is 45.8 Å². The Bertz CT molecular complexity index is 1240. The van der Waals surface area contributed by atoms with Crippen LogP contribution in [-0.2, 0) is 4.79 Å². The Balaban J connectivity index is 1.87. The number of aromatic hydroxyl groups is 1. The molecule has 1 aliphatic heterocycles. The second kappa shape index (κ2) is 9.68. The number of nitrogens with zero attached hydrogens (tertiary/aromatic N) is 3. The highest BCUT2D eigenvalue weighted by molar-refractivity contribution is 7.99. The van der Waals surface area contributed by atoms with Crippen molar-refractivity contribution < 1.29 is 19.4 Å². The SMILES string of the molecule is CCSc1nc2n(n1)[C@H](c1cc(OC)c(O)c(OC)c1)C(C(=O)Nc1ccccc1C)=C(C)N2. The largest absolute Gasteiger partial charge is 0.502 e. The number of hydrogen-bond donors (Lipinski definition) is 3. The van der Waals surface area contributed by atoms with E-state index in [1.807, 2.05) is 45.0 Å². The van der Waals surface area contributed by atoms with E-state index in [0.29, 0.717) is 27.9 Å². The van der Waals surface area contributed by atoms with Crippen LogP contribution in [0, 0.1) is 6.92 Å². The van der Waals surface area contributed by atoms with Gasteiger partial charge in [-0.05, 0) is 48.9 Å². The molecule has 1 aliphatic rings. The van der Waals surface area contributed by atoms with Crippen molar-refractivity contribution in [3.8, 4) is 17.2 Å². The summed E-state index contributed by atoms with van der Waals surface area (Å²) in [6.07, 6.45) is 0. The van der Waals surface area contributed by atoms with Crippen molar-refractivity contribution in [1.82, 2.24) is 14.8 Å². The average Bonchev–Trinajstić information content (AvgIpc) is 3.22. The fourth-order valence-corrected chi connectivity index (χ4v) is 4.45. The maximum Gasteiger partial charge on any atom is 0.255 e. The van der Waals surface area contributed by atoms with E-state index in [-0.39, 0.29) is 23.2 Å². The summed E-state index contributed by atoms with van der Waals surface area (Å²) in [7, 11) is 2.93. The fraction of sp³-hybridized carbons (Fsp3) is 0.292. The van der Waals surface area contributed by atoms with Gasteiger partial charge in [0.05, 0.1) is 19.8 Å². The topological polar surface area (TPSA) is 111 Å². The van der Waals surface area contributed by atoms with Crippen molar-refractivity contribution in [3.63, 3.8) is 0 Å². The molecule has 0 unspecified atom stereocenters. The van der Waals surface area contributed by atoms with Gasteiger partial charge in [-0.1, -0.05) is 36.9 Å². The Hall–Kier alpha value is -3.66. The number of aromatic nitrogens is 3. The molecule has 0 radical (unpaired) electrons. The van der Waals surface area contributed by atoms with Gasteiger partial charge in [-0.3, -0.25) is 4.79 Å². The second-order valence-electron chi connectivity index (χ2n) is 7.70. The number of methoxy groups -OCH3 is 2. The third-order valence-corrected chi connectivity index (χ3v) is 6.28. The molecule has 9 nitrogen and oxygen atoms in total. The molecule has 0 spiro atoms. The molecule has 2 aromatic carbocycles. The minimum atomic E-state index is -0.637. The van der Waals surface area contributed by atoms with Crippen molar-refractivity contribution in [2.45, 2.75) is 32.0 Å². The van der Waals surface area contributed by atoms with E-state index in [4.69, 9.17) is 9.47 Å². The summed E-state index contributed by atoms with van der Waals surface area (Å²) in [5.74, 6) is 1.40. The number of amides is 1. The summed E-state index contributed by atoms with van der Waals surface area (Å²) in [4.78, 5) is 18.2. The zero-order valence-corrected chi connectivity index (χ0v) is 20.5. The monoisotopic (exact) mass is 481 g/mol. The van der Waals surface area contributed by atoms with Crippen LogP contribution in [0.25, 0.3) is 0 Å². The average molecular weight is 482 g/mol. The Morgan fingerprint density at radius 3 is 2.50 bits per heavy atom. The van der Waals surface area contributed by atoms with Crippen LogP contribution in [0.2, 0.25) is 0 Å². The van der Waals surface area contributed by atoms with Gasteiger partial charge >= 0.3 is 0 Å². The summed E-state index contributed by atoms with van der Waals surface area (Å²) in [5, 5.41) is 22.0. The Labute approximate surface area is 202 Å². The summed E-state index contributed by atoms with van der Waals surface area (Å²) in [6, 6.07) is 10.3. The van der Waals surface area contributed by atoms with Crippen molar-refractivity contribution in [3.05, 3.63) is 58.8 Å². The van der Waals surface area contributed by atoms with Crippen molar-refractivity contribution in [2.24, 2.45) is 0 Å². The summed E-state index contributed by atoms with van der Waals surface area (Å²) in [5.41, 5.74) is 3.43. The van der Waals surface area contributed by atoms with Crippen LogP contribution in [0.3, 0.4) is 0 Å². The number of rotatable bonds is 7. The van der Waals surface area contributed by atoms with Gasteiger partial charge in [0.25, 0.3) is 5.91 Å². The number of para-hydroxylation sites is 1. The molecular formula is C24H27N5O4S. The van der Waals surface area contributed by atoms with Crippen LogP contribution in [0.4, 0.5) is 11.6 Å². The first-order valence-corrected chi connectivity index (χ1v) is 11.8. The number of benzene rings is 2. The van der Waals surface area contributed by atoms with E-state index in [1.54, 1.807) is 16.8 Å². The number of carbonyl (C=O) groups excluding carboxylic acids is 1. The van der Waals surface area contributed by atoms with E-state index in [0.717, 1.165) is 17.0 Å². The lowest BCUT2D eigenvalue weighted by Crippen LogP contribution is -2.31. The van der Waals surface area contributed by atoms with E-state index in [1.165, 1.54) is 26.0 Å². The van der Waals surface area contributed by atoms with E-state index >= 15 is 0 Å². The van der Waals surface area contributed by atoms with Crippen molar-refractivity contribution >= 4 is 29.3 Å². The van der Waals surface area contributed by atoms with E-state index in [9.17, 15) is 9.90 Å². The summed E-state index contributed by atoms with van der Waals surface area (Å²) >= 11 is 1.51. The molecule has 3 aromatic rings. The standard InChI is InChI=1S/C24H27N5O4S/c1-6-34-24-27-23-25-14(3)19(22(31)26-16-10-8-7-9-13(16)2)20(29(23)28-24)15-11-17(32-4)21(30)18(12-15)33-5/h7-12,20,30H,6H2,1-5H3,(H,26,31)(H,25,27,28)/t20-/m1/s1. The molecule has 3 N–H and O–H groups in total. The fourth-order valence-electron chi connectivity index (χ4n) is 3.90. The lowest BCUT2D eigenvalue weighted by atomic mass is 9.94. The quantitative estimate of drug-likeness (QED) is 0.427. The first kappa shape index (κ1) is 23.5. The van der Waals surface area contributed by atoms with Crippen molar-refractivity contribution in [2.75, 3.05) is 30.6 Å². The van der Waals surface area contributed by atoms with Crippen molar-refractivity contribution in [1.29, 1.82) is 0 Å². The first-order valence-electron chi connectivity index (χ1n) is 10.8. The lowest BCUT2D eigenvalue weighted by molar-refractivity contribution is -0.113. The molecule has 0 aliphatic carbocycles. The van der Waals surface area contributed by atoms with Gasteiger partial charge in [-0.2, -0.15) is 4.98 Å². The third-order valence-electron chi connectivity index (χ3n) is 5.56. The van der Waals surface area contributed by atoms with E-state index < -0.39 is 6.04 Å². The zero-order chi connectivity index (χ0) is 24.4. The number of carbonyl (C=O) groups is 1. The van der Waals surface area contributed by atoms with Gasteiger partial charge in [0.1, 0.15) is 6.04 Å². The van der Waals surface area contributed by atoms with Gasteiger partial charge in [-0.15, -0.1) is 5.10 Å². The highest BCUT2D eigenvalue weighted by Gasteiger charge is 2.35. The van der Waals surface area contributed by atoms with Gasteiger partial charge in [-0.25, -0.2) is 4.68 Å².